The van der Waals surface area contributed by atoms with Crippen LogP contribution in [0.1, 0.15) is 18.9 Å². The molecule has 0 spiro atoms. The van der Waals surface area contributed by atoms with E-state index in [1.165, 1.54) is 12.1 Å². The van der Waals surface area contributed by atoms with Gasteiger partial charge in [-0.15, -0.1) is 0 Å². The van der Waals surface area contributed by atoms with E-state index < -0.39 is 11.7 Å². The highest BCUT2D eigenvalue weighted by molar-refractivity contribution is 7.98. The second-order valence-electron chi connectivity index (χ2n) is 4.13. The zero-order valence-electron chi connectivity index (χ0n) is 10.3. The van der Waals surface area contributed by atoms with Gasteiger partial charge >= 0.3 is 6.18 Å². The SMILES string of the molecule is CSCCC(C)Nc1ccc(N)cc1C(F)(F)F. The molecule has 3 N–H and O–H groups in total. The highest BCUT2D eigenvalue weighted by Crippen LogP contribution is 2.36. The Morgan fingerprint density at radius 3 is 2.61 bits per heavy atom. The van der Waals surface area contributed by atoms with Crippen molar-refractivity contribution in [3.63, 3.8) is 0 Å². The summed E-state index contributed by atoms with van der Waals surface area (Å²) in [6.45, 7) is 1.87. The number of halogens is 3. The number of hydrogen-bond acceptors (Lipinski definition) is 3. The molecule has 1 aromatic carbocycles. The van der Waals surface area contributed by atoms with Gasteiger partial charge in [-0.3, -0.25) is 0 Å². The first-order chi connectivity index (χ1) is 8.34. The molecule has 0 aliphatic rings. The van der Waals surface area contributed by atoms with Crippen LogP contribution in [-0.2, 0) is 6.18 Å². The molecule has 102 valence electrons. The number of nitrogens with two attached hydrogens (primary N) is 1. The van der Waals surface area contributed by atoms with Crippen LogP contribution >= 0.6 is 11.8 Å². The van der Waals surface area contributed by atoms with E-state index in [-0.39, 0.29) is 17.4 Å². The zero-order valence-corrected chi connectivity index (χ0v) is 11.2. The van der Waals surface area contributed by atoms with Crippen LogP contribution in [0.15, 0.2) is 18.2 Å². The molecule has 6 heteroatoms. The average molecular weight is 278 g/mol. The minimum absolute atomic E-state index is 0.0119. The van der Waals surface area contributed by atoms with Gasteiger partial charge in [0.15, 0.2) is 0 Å². The number of nitrogens with one attached hydrogen (secondary N) is 1. The van der Waals surface area contributed by atoms with E-state index in [9.17, 15) is 13.2 Å². The second-order valence-corrected chi connectivity index (χ2v) is 5.12. The second kappa shape index (κ2) is 6.22. The van der Waals surface area contributed by atoms with Gasteiger partial charge in [-0.25, -0.2) is 0 Å². The smallest absolute Gasteiger partial charge is 0.399 e. The number of alkyl halides is 3. The van der Waals surface area contributed by atoms with Crippen molar-refractivity contribution in [2.45, 2.75) is 25.6 Å². The van der Waals surface area contributed by atoms with Gasteiger partial charge in [-0.05, 0) is 43.6 Å². The molecule has 2 nitrogen and oxygen atoms in total. The lowest BCUT2D eigenvalue weighted by Crippen LogP contribution is -2.19. The molecule has 0 saturated carbocycles. The minimum Gasteiger partial charge on any atom is -0.399 e. The molecule has 1 unspecified atom stereocenters. The molecule has 0 aromatic heterocycles. The van der Waals surface area contributed by atoms with Crippen LogP contribution < -0.4 is 11.1 Å². The van der Waals surface area contributed by atoms with E-state index in [1.807, 2.05) is 13.2 Å². The molecule has 0 aliphatic carbocycles. The fourth-order valence-electron chi connectivity index (χ4n) is 1.55. The Morgan fingerprint density at radius 2 is 2.06 bits per heavy atom. The summed E-state index contributed by atoms with van der Waals surface area (Å²) >= 11 is 1.67. The van der Waals surface area contributed by atoms with E-state index in [1.54, 1.807) is 11.8 Å². The Bertz CT molecular complexity index is 393. The highest BCUT2D eigenvalue weighted by atomic mass is 32.2. The van der Waals surface area contributed by atoms with Crippen molar-refractivity contribution in [3.8, 4) is 0 Å². The average Bonchev–Trinajstić information content (AvgIpc) is 2.27. The van der Waals surface area contributed by atoms with Crippen molar-refractivity contribution >= 4 is 23.1 Å². The van der Waals surface area contributed by atoms with Gasteiger partial charge in [-0.2, -0.15) is 24.9 Å². The Labute approximate surface area is 109 Å². The van der Waals surface area contributed by atoms with Crippen LogP contribution in [0.3, 0.4) is 0 Å². The standard InChI is InChI=1S/C12H17F3N2S/c1-8(5-6-18-2)17-11-4-3-9(16)7-10(11)12(13,14)15/h3-4,7-8,17H,5-6,16H2,1-2H3. The molecule has 0 radical (unpaired) electrons. The van der Waals surface area contributed by atoms with Crippen LogP contribution in [0.2, 0.25) is 0 Å². The molecule has 0 amide bonds. The zero-order chi connectivity index (χ0) is 13.8. The predicted octanol–water partition coefficient (Wildman–Crippen LogP) is 3.84. The minimum atomic E-state index is -4.39. The summed E-state index contributed by atoms with van der Waals surface area (Å²) in [7, 11) is 0. The Hall–Kier alpha value is -1.04. The number of benzene rings is 1. The third-order valence-corrected chi connectivity index (χ3v) is 3.15. The molecule has 0 saturated heterocycles. The normalized spacial score (nSPS) is 13.4. The lowest BCUT2D eigenvalue weighted by molar-refractivity contribution is -0.136. The molecule has 0 fully saturated rings. The third kappa shape index (κ3) is 4.33. The number of nitrogen functional groups attached to an aromatic ring is 1. The fourth-order valence-corrected chi connectivity index (χ4v) is 2.14. The summed E-state index contributed by atoms with van der Waals surface area (Å²) in [6.07, 6.45) is -1.61. The van der Waals surface area contributed by atoms with Crippen LogP contribution in [0.4, 0.5) is 24.5 Å². The number of hydrogen-bond donors (Lipinski definition) is 2. The van der Waals surface area contributed by atoms with E-state index in [0.29, 0.717) is 0 Å². The molecule has 1 rings (SSSR count). The first-order valence-electron chi connectivity index (χ1n) is 5.56. The molecule has 0 heterocycles. The van der Waals surface area contributed by atoms with Gasteiger partial charge in [0, 0.05) is 17.4 Å². The predicted molar refractivity (Wildman–Crippen MR) is 71.9 cm³/mol. The van der Waals surface area contributed by atoms with E-state index in [0.717, 1.165) is 18.2 Å². The first-order valence-corrected chi connectivity index (χ1v) is 6.96. The number of anilines is 2. The van der Waals surface area contributed by atoms with Gasteiger partial charge in [0.1, 0.15) is 0 Å². The molecule has 0 aliphatic heterocycles. The van der Waals surface area contributed by atoms with Crippen molar-refractivity contribution in [2.24, 2.45) is 0 Å². The van der Waals surface area contributed by atoms with Gasteiger partial charge < -0.3 is 11.1 Å². The van der Waals surface area contributed by atoms with Gasteiger partial charge in [-0.1, -0.05) is 0 Å². The maximum Gasteiger partial charge on any atom is 0.418 e. The first kappa shape index (κ1) is 15.0. The van der Waals surface area contributed by atoms with Gasteiger partial charge in [0.2, 0.25) is 0 Å². The van der Waals surface area contributed by atoms with Crippen molar-refractivity contribution < 1.29 is 13.2 Å². The number of thioether (sulfide) groups is 1. The van der Waals surface area contributed by atoms with Gasteiger partial charge in [0.05, 0.1) is 5.56 Å². The molecule has 0 bridgehead atoms. The topological polar surface area (TPSA) is 38.0 Å². The van der Waals surface area contributed by atoms with Crippen molar-refractivity contribution in [3.05, 3.63) is 23.8 Å². The van der Waals surface area contributed by atoms with Crippen LogP contribution in [-0.4, -0.2) is 18.1 Å². The summed E-state index contributed by atoms with van der Waals surface area (Å²) in [5.41, 5.74) is 4.90. The van der Waals surface area contributed by atoms with E-state index in [4.69, 9.17) is 5.73 Å². The molecule has 18 heavy (non-hydrogen) atoms. The van der Waals surface area contributed by atoms with Crippen LogP contribution in [0.25, 0.3) is 0 Å². The van der Waals surface area contributed by atoms with Crippen molar-refractivity contribution in [1.82, 2.24) is 0 Å². The van der Waals surface area contributed by atoms with Crippen LogP contribution in [0.5, 0.6) is 0 Å². The van der Waals surface area contributed by atoms with E-state index >= 15 is 0 Å². The van der Waals surface area contributed by atoms with Gasteiger partial charge in [0.25, 0.3) is 0 Å². The third-order valence-electron chi connectivity index (χ3n) is 2.51. The quantitative estimate of drug-likeness (QED) is 0.804. The maximum absolute atomic E-state index is 12.8. The summed E-state index contributed by atoms with van der Waals surface area (Å²) in [5.74, 6) is 0.907. The summed E-state index contributed by atoms with van der Waals surface area (Å²) in [5, 5.41) is 2.89. The fraction of sp³-hybridized carbons (Fsp3) is 0.500. The molecule has 1 atom stereocenters. The van der Waals surface area contributed by atoms with E-state index in [2.05, 4.69) is 5.32 Å². The Kier molecular flexibility index (Phi) is 5.19. The maximum atomic E-state index is 12.8. The van der Waals surface area contributed by atoms with Crippen molar-refractivity contribution in [1.29, 1.82) is 0 Å². The highest BCUT2D eigenvalue weighted by Gasteiger charge is 2.33. The summed E-state index contributed by atoms with van der Waals surface area (Å²) in [4.78, 5) is 0. The number of rotatable bonds is 5. The molecular formula is C12H17F3N2S. The summed E-state index contributed by atoms with van der Waals surface area (Å²) in [6, 6.07) is 3.80. The molecular weight excluding hydrogens is 261 g/mol. The monoisotopic (exact) mass is 278 g/mol. The Morgan fingerprint density at radius 1 is 1.39 bits per heavy atom. The van der Waals surface area contributed by atoms with Crippen LogP contribution in [0, 0.1) is 0 Å². The van der Waals surface area contributed by atoms with Crippen molar-refractivity contribution in [2.75, 3.05) is 23.1 Å². The lowest BCUT2D eigenvalue weighted by atomic mass is 10.1. The summed E-state index contributed by atoms with van der Waals surface area (Å²) < 4.78 is 38.5. The molecule has 1 aromatic rings. The lowest BCUT2D eigenvalue weighted by Gasteiger charge is -2.19. The largest absolute Gasteiger partial charge is 0.418 e. The Balaban J connectivity index is 2.88.